The molecule has 0 aliphatic rings. The van der Waals surface area contributed by atoms with Crippen LogP contribution in [0.4, 0.5) is 0 Å². The third kappa shape index (κ3) is 4.18. The molecule has 0 saturated heterocycles. The lowest BCUT2D eigenvalue weighted by Gasteiger charge is -1.97. The van der Waals surface area contributed by atoms with E-state index in [-0.39, 0.29) is 11.5 Å². The van der Waals surface area contributed by atoms with Gasteiger partial charge in [0.05, 0.1) is 0 Å². The maximum absolute atomic E-state index is 8.96. The molecule has 0 aliphatic heterocycles. The first-order valence-corrected chi connectivity index (χ1v) is 3.92. The van der Waals surface area contributed by atoms with E-state index < -0.39 is 0 Å². The van der Waals surface area contributed by atoms with Crippen LogP contribution in [-0.4, -0.2) is 16.8 Å². The highest BCUT2D eigenvalue weighted by Gasteiger charge is 1.98. The van der Waals surface area contributed by atoms with Gasteiger partial charge < -0.3 is 15.9 Å². The van der Waals surface area contributed by atoms with Crippen LogP contribution in [0.1, 0.15) is 5.56 Å². The van der Waals surface area contributed by atoms with E-state index in [9.17, 15) is 0 Å². The molecule has 1 aromatic rings. The third-order valence-electron chi connectivity index (χ3n) is 1.38. The largest absolute Gasteiger partial charge is 0.504 e. The first kappa shape index (κ1) is 11.5. The highest BCUT2D eigenvalue weighted by molar-refractivity contribution is 5.43. The first-order chi connectivity index (χ1) is 6.13. The van der Waals surface area contributed by atoms with Crippen molar-refractivity contribution >= 4 is 0 Å². The lowest BCUT2D eigenvalue weighted by molar-refractivity contribution is 0.401. The van der Waals surface area contributed by atoms with Gasteiger partial charge in [-0.15, -0.1) is 6.58 Å². The van der Waals surface area contributed by atoms with Gasteiger partial charge in [-0.25, -0.2) is 0 Å². The van der Waals surface area contributed by atoms with Gasteiger partial charge in [-0.05, 0) is 18.6 Å². The number of benzene rings is 1. The fraction of sp³-hybridized carbons (Fsp3) is 0.200. The third-order valence-corrected chi connectivity index (χ3v) is 1.38. The minimum atomic E-state index is -0.0602. The standard InChI is InChI=1S/C7H8O2.C3H7N/c1-5-3-2-4-6(8)7(5)9;1-2-3-4/h2-4,8-9H,1H3;2H,1,3-4H2. The predicted molar refractivity (Wildman–Crippen MR) is 53.8 cm³/mol. The van der Waals surface area contributed by atoms with E-state index in [1.54, 1.807) is 25.1 Å². The van der Waals surface area contributed by atoms with Crippen molar-refractivity contribution in [3.8, 4) is 11.5 Å². The van der Waals surface area contributed by atoms with Crippen LogP contribution in [0.3, 0.4) is 0 Å². The van der Waals surface area contributed by atoms with E-state index in [0.29, 0.717) is 12.1 Å². The molecule has 3 heteroatoms. The van der Waals surface area contributed by atoms with Crippen LogP contribution in [0.5, 0.6) is 11.5 Å². The molecule has 4 N–H and O–H groups in total. The molecule has 0 fully saturated rings. The monoisotopic (exact) mass is 181 g/mol. The Morgan fingerprint density at radius 1 is 1.46 bits per heavy atom. The highest BCUT2D eigenvalue weighted by atomic mass is 16.3. The summed E-state index contributed by atoms with van der Waals surface area (Å²) in [6.07, 6.45) is 1.65. The maximum atomic E-state index is 8.96. The molecular formula is C10H15NO2. The Morgan fingerprint density at radius 3 is 2.31 bits per heavy atom. The van der Waals surface area contributed by atoms with Gasteiger partial charge in [-0.1, -0.05) is 18.2 Å². The Morgan fingerprint density at radius 2 is 2.00 bits per heavy atom. The van der Waals surface area contributed by atoms with Crippen LogP contribution in [-0.2, 0) is 0 Å². The molecular weight excluding hydrogens is 166 g/mol. The second-order valence-electron chi connectivity index (χ2n) is 2.47. The van der Waals surface area contributed by atoms with E-state index in [4.69, 9.17) is 15.9 Å². The zero-order valence-corrected chi connectivity index (χ0v) is 7.70. The lowest BCUT2D eigenvalue weighted by Crippen LogP contribution is -1.90. The smallest absolute Gasteiger partial charge is 0.160 e. The molecule has 1 rings (SSSR count). The average Bonchev–Trinajstić information content (AvgIpc) is 2.14. The minimum absolute atomic E-state index is 0.0301. The summed E-state index contributed by atoms with van der Waals surface area (Å²) in [5.41, 5.74) is 5.60. The zero-order chi connectivity index (χ0) is 10.3. The summed E-state index contributed by atoms with van der Waals surface area (Å²) in [6, 6.07) is 4.86. The number of hydrogen-bond donors (Lipinski definition) is 3. The molecule has 0 aromatic heterocycles. The first-order valence-electron chi connectivity index (χ1n) is 3.92. The molecule has 3 nitrogen and oxygen atoms in total. The topological polar surface area (TPSA) is 66.5 Å². The van der Waals surface area contributed by atoms with Crippen molar-refractivity contribution in [1.82, 2.24) is 0 Å². The number of phenolic OH excluding ortho intramolecular Hbond substituents is 2. The molecule has 0 spiro atoms. The Kier molecular flexibility index (Phi) is 5.39. The van der Waals surface area contributed by atoms with Crippen molar-refractivity contribution in [3.63, 3.8) is 0 Å². The normalized spacial score (nSPS) is 8.46. The molecule has 0 saturated carbocycles. The molecule has 0 unspecified atom stereocenters. The van der Waals surface area contributed by atoms with Gasteiger partial charge in [0.1, 0.15) is 0 Å². The van der Waals surface area contributed by atoms with E-state index in [2.05, 4.69) is 6.58 Å². The van der Waals surface area contributed by atoms with Crippen LogP contribution < -0.4 is 5.73 Å². The molecule has 0 radical (unpaired) electrons. The van der Waals surface area contributed by atoms with Crippen molar-refractivity contribution in [2.24, 2.45) is 5.73 Å². The van der Waals surface area contributed by atoms with E-state index in [0.717, 1.165) is 0 Å². The number of aromatic hydroxyl groups is 2. The molecule has 0 amide bonds. The number of phenols is 2. The van der Waals surface area contributed by atoms with Gasteiger partial charge in [0.25, 0.3) is 0 Å². The Hall–Kier alpha value is -1.48. The Labute approximate surface area is 78.1 Å². The van der Waals surface area contributed by atoms with Crippen molar-refractivity contribution in [3.05, 3.63) is 36.4 Å². The second kappa shape index (κ2) is 6.08. The highest BCUT2D eigenvalue weighted by Crippen LogP contribution is 2.26. The summed E-state index contributed by atoms with van der Waals surface area (Å²) in [6.45, 7) is 5.67. The minimum Gasteiger partial charge on any atom is -0.504 e. The van der Waals surface area contributed by atoms with Crippen molar-refractivity contribution in [2.45, 2.75) is 6.92 Å². The number of aryl methyl sites for hydroxylation is 1. The zero-order valence-electron chi connectivity index (χ0n) is 7.70. The Bertz CT molecular complexity index is 251. The molecule has 0 bridgehead atoms. The number of nitrogens with two attached hydrogens (primary N) is 1. The SMILES string of the molecule is C=CCN.Cc1cccc(O)c1O. The lowest BCUT2D eigenvalue weighted by atomic mass is 10.2. The van der Waals surface area contributed by atoms with Crippen LogP contribution >= 0.6 is 0 Å². The van der Waals surface area contributed by atoms with Crippen molar-refractivity contribution < 1.29 is 10.2 Å². The predicted octanol–water partition coefficient (Wildman–Crippen LogP) is 1.54. The van der Waals surface area contributed by atoms with Gasteiger partial charge >= 0.3 is 0 Å². The van der Waals surface area contributed by atoms with E-state index in [1.165, 1.54) is 6.07 Å². The van der Waals surface area contributed by atoms with Gasteiger partial charge in [0, 0.05) is 6.54 Å². The number of rotatable bonds is 1. The summed E-state index contributed by atoms with van der Waals surface area (Å²) < 4.78 is 0. The summed E-state index contributed by atoms with van der Waals surface area (Å²) in [5, 5.41) is 17.8. The van der Waals surface area contributed by atoms with Gasteiger partial charge in [-0.3, -0.25) is 0 Å². The maximum Gasteiger partial charge on any atom is 0.160 e. The van der Waals surface area contributed by atoms with Gasteiger partial charge in [0.2, 0.25) is 0 Å². The summed E-state index contributed by atoms with van der Waals surface area (Å²) in [4.78, 5) is 0. The van der Waals surface area contributed by atoms with Crippen LogP contribution in [0.15, 0.2) is 30.9 Å². The van der Waals surface area contributed by atoms with E-state index in [1.807, 2.05) is 0 Å². The van der Waals surface area contributed by atoms with Crippen LogP contribution in [0.2, 0.25) is 0 Å². The fourth-order valence-corrected chi connectivity index (χ4v) is 0.643. The number of para-hydroxylation sites is 1. The molecule has 0 heterocycles. The quantitative estimate of drug-likeness (QED) is 0.454. The molecule has 0 aliphatic carbocycles. The Balaban J connectivity index is 0.000000310. The van der Waals surface area contributed by atoms with Crippen LogP contribution in [0, 0.1) is 6.92 Å². The van der Waals surface area contributed by atoms with Crippen molar-refractivity contribution in [1.29, 1.82) is 0 Å². The second-order valence-corrected chi connectivity index (χ2v) is 2.47. The molecule has 72 valence electrons. The molecule has 1 aromatic carbocycles. The van der Waals surface area contributed by atoms with Gasteiger partial charge in [0.15, 0.2) is 11.5 Å². The summed E-state index contributed by atoms with van der Waals surface area (Å²) >= 11 is 0. The molecule has 13 heavy (non-hydrogen) atoms. The number of hydrogen-bond acceptors (Lipinski definition) is 3. The van der Waals surface area contributed by atoms with Crippen molar-refractivity contribution in [2.75, 3.05) is 6.54 Å². The summed E-state index contributed by atoms with van der Waals surface area (Å²) in [5.74, 6) is -0.0903. The van der Waals surface area contributed by atoms with E-state index >= 15 is 0 Å². The average molecular weight is 181 g/mol. The molecule has 0 atom stereocenters. The fourth-order valence-electron chi connectivity index (χ4n) is 0.643. The summed E-state index contributed by atoms with van der Waals surface area (Å²) in [7, 11) is 0. The van der Waals surface area contributed by atoms with Gasteiger partial charge in [-0.2, -0.15) is 0 Å². The van der Waals surface area contributed by atoms with Crippen LogP contribution in [0.25, 0.3) is 0 Å².